The van der Waals surface area contributed by atoms with Gasteiger partial charge in [0.25, 0.3) is 0 Å². The number of esters is 1. The Bertz CT molecular complexity index is 997. The van der Waals surface area contributed by atoms with Crippen LogP contribution in [0.4, 0.5) is 18.4 Å². The fourth-order valence-corrected chi connectivity index (χ4v) is 3.12. The molecule has 0 fully saturated rings. The Labute approximate surface area is 188 Å². The maximum Gasteiger partial charge on any atom is 0.338 e. The fourth-order valence-electron chi connectivity index (χ4n) is 3.12. The van der Waals surface area contributed by atoms with Crippen molar-refractivity contribution in [1.82, 2.24) is 15.5 Å². The second kappa shape index (κ2) is 11.7. The van der Waals surface area contributed by atoms with Gasteiger partial charge in [-0.05, 0) is 24.4 Å². The van der Waals surface area contributed by atoms with E-state index in [9.17, 15) is 23.2 Å². The maximum atomic E-state index is 14.0. The van der Waals surface area contributed by atoms with Gasteiger partial charge in [-0.1, -0.05) is 11.2 Å². The van der Waals surface area contributed by atoms with Crippen molar-refractivity contribution >= 4 is 30.5 Å². The summed E-state index contributed by atoms with van der Waals surface area (Å²) in [6, 6.07) is -0.605. The summed E-state index contributed by atoms with van der Waals surface area (Å²) in [6.45, 7) is 2.97. The number of aliphatic imine (C=N–C) groups is 1. The second-order valence-corrected chi connectivity index (χ2v) is 6.57. The van der Waals surface area contributed by atoms with Gasteiger partial charge in [0, 0.05) is 7.11 Å². The quantitative estimate of drug-likeness (QED) is 0.322. The van der Waals surface area contributed by atoms with Crippen LogP contribution in [0.3, 0.4) is 0 Å². The molecule has 1 aromatic carbocycles. The molecule has 11 nitrogen and oxygen atoms in total. The van der Waals surface area contributed by atoms with Gasteiger partial charge in [-0.25, -0.2) is 28.1 Å². The number of amides is 4. The molecule has 1 atom stereocenters. The van der Waals surface area contributed by atoms with Crippen molar-refractivity contribution in [3.63, 3.8) is 0 Å². The number of nitrogens with one attached hydrogen (secondary N) is 2. The predicted molar refractivity (Wildman–Crippen MR) is 113 cm³/mol. The van der Waals surface area contributed by atoms with E-state index in [2.05, 4.69) is 32.3 Å². The van der Waals surface area contributed by atoms with Gasteiger partial charge in [0.1, 0.15) is 13.2 Å². The molecule has 0 radical (unpaired) electrons. The van der Waals surface area contributed by atoms with Crippen molar-refractivity contribution in [1.29, 1.82) is 0 Å². The predicted octanol–water partition coefficient (Wildman–Crippen LogP) is 1.52. The normalized spacial score (nSPS) is 16.3. The highest BCUT2D eigenvalue weighted by molar-refractivity contribution is 6.02. The zero-order valence-corrected chi connectivity index (χ0v) is 18.2. The van der Waals surface area contributed by atoms with Crippen LogP contribution in [0.25, 0.3) is 0 Å². The number of hydrogen-bond acceptors (Lipinski definition) is 8. The number of rotatable bonds is 9. The summed E-state index contributed by atoms with van der Waals surface area (Å²) in [4.78, 5) is 47.5. The van der Waals surface area contributed by atoms with Gasteiger partial charge in [0.05, 0.1) is 43.8 Å². The van der Waals surface area contributed by atoms with E-state index in [0.717, 1.165) is 25.3 Å². The first-order valence-electron chi connectivity index (χ1n) is 9.43. The minimum Gasteiger partial charge on any atom is -0.466 e. The SMILES string of the molecule is C=NC/C(CNC(=O)N1C(=O)NC(COC)=C(C(=O)OC)C1c1ccc(F)c(F)c1)=N/OC. The lowest BCUT2D eigenvalue weighted by molar-refractivity contribution is -0.137. The van der Waals surface area contributed by atoms with Gasteiger partial charge in [-0.15, -0.1) is 0 Å². The van der Waals surface area contributed by atoms with Crippen molar-refractivity contribution in [3.05, 3.63) is 46.7 Å². The van der Waals surface area contributed by atoms with E-state index in [1.165, 1.54) is 14.2 Å². The van der Waals surface area contributed by atoms with Gasteiger partial charge >= 0.3 is 18.0 Å². The van der Waals surface area contributed by atoms with Gasteiger partial charge in [-0.3, -0.25) is 4.99 Å². The number of benzene rings is 1. The lowest BCUT2D eigenvalue weighted by Gasteiger charge is -2.36. The molecule has 2 rings (SSSR count). The maximum absolute atomic E-state index is 14.0. The molecule has 178 valence electrons. The molecule has 1 heterocycles. The molecule has 33 heavy (non-hydrogen) atoms. The fraction of sp³-hybridized carbons (Fsp3) is 0.350. The molecule has 0 spiro atoms. The molecule has 4 amide bonds. The standard InChI is InChI=1S/C20H23F2N5O6/c1-23-8-12(26-33-4)9-24-19(29)27-17(11-5-6-13(21)14(22)7-11)16(18(28)32-3)15(10-31-2)25-20(27)30/h5-7,17H,1,8-10H2,2-4H3,(H,24,29)(H,25,30)/b26-12-. The Morgan fingerprint density at radius 3 is 2.55 bits per heavy atom. The summed E-state index contributed by atoms with van der Waals surface area (Å²) in [7, 11) is 3.72. The summed E-state index contributed by atoms with van der Waals surface area (Å²) in [5, 5.41) is 8.56. The minimum absolute atomic E-state index is 0.00521. The number of carbonyl (C=O) groups excluding carboxylic acids is 3. The highest BCUT2D eigenvalue weighted by Crippen LogP contribution is 2.35. The third-order valence-electron chi connectivity index (χ3n) is 4.46. The van der Waals surface area contributed by atoms with E-state index in [4.69, 9.17) is 9.47 Å². The van der Waals surface area contributed by atoms with Gasteiger partial charge < -0.3 is 24.9 Å². The molecule has 1 aliphatic heterocycles. The van der Waals surface area contributed by atoms with E-state index >= 15 is 0 Å². The molecule has 2 N–H and O–H groups in total. The molecule has 0 saturated heterocycles. The van der Waals surface area contributed by atoms with Crippen molar-refractivity contribution in [2.24, 2.45) is 10.1 Å². The number of hydrogen-bond donors (Lipinski definition) is 2. The molecular weight excluding hydrogens is 444 g/mol. The van der Waals surface area contributed by atoms with Crippen LogP contribution >= 0.6 is 0 Å². The van der Waals surface area contributed by atoms with E-state index in [1.54, 1.807) is 0 Å². The number of nitrogens with zero attached hydrogens (tertiary/aromatic N) is 3. The van der Waals surface area contributed by atoms with Crippen LogP contribution in [-0.2, 0) is 19.1 Å². The van der Waals surface area contributed by atoms with Crippen LogP contribution < -0.4 is 10.6 Å². The van der Waals surface area contributed by atoms with Gasteiger partial charge in [-0.2, -0.15) is 0 Å². The first kappa shape index (κ1) is 25.4. The number of carbonyl (C=O) groups is 3. The Hall–Kier alpha value is -3.87. The number of urea groups is 2. The number of halogens is 2. The molecule has 1 aliphatic rings. The molecule has 13 heteroatoms. The highest BCUT2D eigenvalue weighted by atomic mass is 19.2. The zero-order chi connectivity index (χ0) is 24.5. The molecule has 0 saturated carbocycles. The summed E-state index contributed by atoms with van der Waals surface area (Å²) in [5.41, 5.74) is 0.0437. The van der Waals surface area contributed by atoms with Crippen molar-refractivity contribution in [2.45, 2.75) is 6.04 Å². The van der Waals surface area contributed by atoms with Gasteiger partial charge in [0.15, 0.2) is 11.6 Å². The van der Waals surface area contributed by atoms with Crippen LogP contribution in [0.15, 0.2) is 39.6 Å². The molecule has 1 aromatic rings. The molecule has 0 aromatic heterocycles. The van der Waals surface area contributed by atoms with E-state index in [0.29, 0.717) is 4.90 Å². The summed E-state index contributed by atoms with van der Waals surface area (Å²) in [5.74, 6) is -3.29. The average molecular weight is 467 g/mol. The number of imide groups is 1. The molecule has 0 aliphatic carbocycles. The monoisotopic (exact) mass is 467 g/mol. The Morgan fingerprint density at radius 2 is 1.97 bits per heavy atom. The Kier molecular flexibility index (Phi) is 8.98. The Morgan fingerprint density at radius 1 is 1.24 bits per heavy atom. The third kappa shape index (κ3) is 5.88. The average Bonchev–Trinajstić information content (AvgIpc) is 2.78. The summed E-state index contributed by atoms with van der Waals surface area (Å²) in [6.07, 6.45) is 0. The highest BCUT2D eigenvalue weighted by Gasteiger charge is 2.43. The molecule has 1 unspecified atom stereocenters. The molecular formula is C20H23F2N5O6. The first-order valence-corrected chi connectivity index (χ1v) is 9.43. The van der Waals surface area contributed by atoms with Crippen LogP contribution in [-0.4, -0.2) is 76.4 Å². The van der Waals surface area contributed by atoms with Gasteiger partial charge in [0.2, 0.25) is 0 Å². The van der Waals surface area contributed by atoms with E-state index < -0.39 is 35.7 Å². The smallest absolute Gasteiger partial charge is 0.338 e. The van der Waals surface area contributed by atoms with Crippen LogP contribution in [0.5, 0.6) is 0 Å². The lowest BCUT2D eigenvalue weighted by atomic mass is 9.93. The topological polar surface area (TPSA) is 131 Å². The Balaban J connectivity index is 2.56. The van der Waals surface area contributed by atoms with E-state index in [-0.39, 0.29) is 42.2 Å². The molecule has 0 bridgehead atoms. The zero-order valence-electron chi connectivity index (χ0n) is 18.2. The summed E-state index contributed by atoms with van der Waals surface area (Å²) < 4.78 is 37.4. The van der Waals surface area contributed by atoms with Crippen LogP contribution in [0.1, 0.15) is 11.6 Å². The number of oxime groups is 1. The van der Waals surface area contributed by atoms with Crippen molar-refractivity contribution in [3.8, 4) is 0 Å². The minimum atomic E-state index is -1.45. The van der Waals surface area contributed by atoms with Crippen molar-refractivity contribution in [2.75, 3.05) is 41.0 Å². The number of ether oxygens (including phenoxy) is 2. The summed E-state index contributed by atoms with van der Waals surface area (Å²) >= 11 is 0. The van der Waals surface area contributed by atoms with Crippen LogP contribution in [0, 0.1) is 11.6 Å². The third-order valence-corrected chi connectivity index (χ3v) is 4.46. The van der Waals surface area contributed by atoms with E-state index in [1.807, 2.05) is 0 Å². The van der Waals surface area contributed by atoms with Crippen LogP contribution in [0.2, 0.25) is 0 Å². The second-order valence-electron chi connectivity index (χ2n) is 6.57. The number of methoxy groups -OCH3 is 2. The first-order chi connectivity index (χ1) is 15.8. The largest absolute Gasteiger partial charge is 0.466 e. The lowest BCUT2D eigenvalue weighted by Crippen LogP contribution is -2.55. The van der Waals surface area contributed by atoms with Crippen molar-refractivity contribution < 1.29 is 37.5 Å².